The van der Waals surface area contributed by atoms with Gasteiger partial charge in [-0.1, -0.05) is 12.1 Å². The summed E-state index contributed by atoms with van der Waals surface area (Å²) in [6.45, 7) is 0. The van der Waals surface area contributed by atoms with Crippen LogP contribution in [0.5, 0.6) is 11.5 Å². The highest BCUT2D eigenvalue weighted by molar-refractivity contribution is 5.96. The molecule has 23 heavy (non-hydrogen) atoms. The lowest BCUT2D eigenvalue weighted by atomic mass is 10.1. The Morgan fingerprint density at radius 3 is 2.22 bits per heavy atom. The quantitative estimate of drug-likeness (QED) is 0.668. The highest BCUT2D eigenvalue weighted by Gasteiger charge is 2.32. The Morgan fingerprint density at radius 1 is 1.00 bits per heavy atom. The minimum absolute atomic E-state index is 0.288. The van der Waals surface area contributed by atoms with Crippen molar-refractivity contribution in [2.24, 2.45) is 0 Å². The molecule has 2 aromatic carbocycles. The fourth-order valence-corrected chi connectivity index (χ4v) is 1.77. The molecule has 0 bridgehead atoms. The molecule has 0 spiro atoms. The summed E-state index contributed by atoms with van der Waals surface area (Å²) in [4.78, 5) is 22.9. The van der Waals surface area contributed by atoms with E-state index in [1.165, 1.54) is 24.3 Å². The van der Waals surface area contributed by atoms with Crippen molar-refractivity contribution < 1.29 is 37.7 Å². The molecule has 120 valence electrons. The van der Waals surface area contributed by atoms with Gasteiger partial charge in [0.25, 0.3) is 0 Å². The number of carboxylic acids is 1. The second-order valence-electron chi connectivity index (χ2n) is 4.42. The van der Waals surface area contributed by atoms with Crippen LogP contribution in [-0.4, -0.2) is 22.2 Å². The van der Waals surface area contributed by atoms with Crippen molar-refractivity contribution in [3.63, 3.8) is 0 Å². The standard InChI is InChI=1S/C15H9F3O5/c16-15(17,18)8-5-6-9(11(19)7-8)14(22)23-12-4-2-1-3-10(12)13(20)21/h1-7,19H,(H,20,21). The predicted molar refractivity (Wildman–Crippen MR) is 71.5 cm³/mol. The maximum Gasteiger partial charge on any atom is 0.416 e. The molecule has 0 fully saturated rings. The minimum atomic E-state index is -4.67. The Hall–Kier alpha value is -3.03. The predicted octanol–water partition coefficient (Wildman–Crippen LogP) is 3.33. The number of hydrogen-bond donors (Lipinski definition) is 2. The van der Waals surface area contributed by atoms with Gasteiger partial charge in [0, 0.05) is 0 Å². The van der Waals surface area contributed by atoms with Gasteiger partial charge in [0.15, 0.2) is 0 Å². The molecule has 2 aromatic rings. The summed E-state index contributed by atoms with van der Waals surface area (Å²) in [5, 5.41) is 18.5. The first-order chi connectivity index (χ1) is 10.7. The number of phenols is 1. The van der Waals surface area contributed by atoms with Gasteiger partial charge in [0.2, 0.25) is 0 Å². The smallest absolute Gasteiger partial charge is 0.416 e. The molecule has 0 atom stereocenters. The molecular formula is C15H9F3O5. The zero-order valence-electron chi connectivity index (χ0n) is 11.3. The van der Waals surface area contributed by atoms with Crippen molar-refractivity contribution in [1.29, 1.82) is 0 Å². The Labute approximate surface area is 127 Å². The first-order valence-corrected chi connectivity index (χ1v) is 6.15. The number of carbonyl (C=O) groups is 2. The third kappa shape index (κ3) is 3.60. The van der Waals surface area contributed by atoms with E-state index in [9.17, 15) is 27.9 Å². The van der Waals surface area contributed by atoms with E-state index < -0.39 is 35.0 Å². The van der Waals surface area contributed by atoms with Crippen LogP contribution in [0.4, 0.5) is 13.2 Å². The number of rotatable bonds is 3. The van der Waals surface area contributed by atoms with Crippen molar-refractivity contribution in [3.05, 3.63) is 59.2 Å². The van der Waals surface area contributed by atoms with Crippen LogP contribution in [0, 0.1) is 0 Å². The van der Waals surface area contributed by atoms with Crippen LogP contribution in [0.15, 0.2) is 42.5 Å². The minimum Gasteiger partial charge on any atom is -0.507 e. The summed E-state index contributed by atoms with van der Waals surface area (Å²) in [6.07, 6.45) is -4.67. The largest absolute Gasteiger partial charge is 0.507 e. The van der Waals surface area contributed by atoms with E-state index in [0.29, 0.717) is 12.1 Å². The van der Waals surface area contributed by atoms with Crippen LogP contribution < -0.4 is 4.74 Å². The second kappa shape index (κ2) is 5.99. The van der Waals surface area contributed by atoms with Crippen LogP contribution in [-0.2, 0) is 6.18 Å². The number of para-hydroxylation sites is 1. The second-order valence-corrected chi connectivity index (χ2v) is 4.42. The van der Waals surface area contributed by atoms with Crippen LogP contribution >= 0.6 is 0 Å². The van der Waals surface area contributed by atoms with E-state index in [1.807, 2.05) is 0 Å². The molecule has 0 saturated carbocycles. The topological polar surface area (TPSA) is 83.8 Å². The Morgan fingerprint density at radius 2 is 1.65 bits per heavy atom. The number of esters is 1. The number of phenolic OH excluding ortho intramolecular Hbond substituents is 1. The van der Waals surface area contributed by atoms with Gasteiger partial charge >= 0.3 is 18.1 Å². The van der Waals surface area contributed by atoms with Crippen molar-refractivity contribution in [1.82, 2.24) is 0 Å². The van der Waals surface area contributed by atoms with Gasteiger partial charge in [-0.05, 0) is 30.3 Å². The molecule has 8 heteroatoms. The SMILES string of the molecule is O=C(Oc1ccccc1C(=O)O)c1ccc(C(F)(F)F)cc1O. The lowest BCUT2D eigenvalue weighted by Gasteiger charge is -2.10. The van der Waals surface area contributed by atoms with Gasteiger partial charge in [-0.15, -0.1) is 0 Å². The van der Waals surface area contributed by atoms with Gasteiger partial charge in [-0.25, -0.2) is 9.59 Å². The summed E-state index contributed by atoms with van der Waals surface area (Å²) in [5.41, 5.74) is -1.94. The van der Waals surface area contributed by atoms with Crippen LogP contribution in [0.1, 0.15) is 26.3 Å². The fraction of sp³-hybridized carbons (Fsp3) is 0.0667. The third-order valence-corrected chi connectivity index (χ3v) is 2.87. The zero-order chi connectivity index (χ0) is 17.2. The number of ether oxygens (including phenoxy) is 1. The highest BCUT2D eigenvalue weighted by atomic mass is 19.4. The highest BCUT2D eigenvalue weighted by Crippen LogP contribution is 2.33. The number of halogens is 3. The molecule has 0 saturated heterocycles. The van der Waals surface area contributed by atoms with Crippen LogP contribution in [0.2, 0.25) is 0 Å². The van der Waals surface area contributed by atoms with Gasteiger partial charge in [-0.2, -0.15) is 13.2 Å². The first-order valence-electron chi connectivity index (χ1n) is 6.15. The number of alkyl halides is 3. The van der Waals surface area contributed by atoms with Crippen molar-refractivity contribution in [3.8, 4) is 11.5 Å². The molecule has 0 aliphatic heterocycles. The summed E-state index contributed by atoms with van der Waals surface area (Å²) < 4.78 is 42.3. The molecule has 0 radical (unpaired) electrons. The number of benzene rings is 2. The van der Waals surface area contributed by atoms with Crippen molar-refractivity contribution in [2.45, 2.75) is 6.18 Å². The normalized spacial score (nSPS) is 11.1. The maximum absolute atomic E-state index is 12.5. The average molecular weight is 326 g/mol. The zero-order valence-corrected chi connectivity index (χ0v) is 11.3. The molecular weight excluding hydrogens is 317 g/mol. The van der Waals surface area contributed by atoms with Crippen LogP contribution in [0.25, 0.3) is 0 Å². The van der Waals surface area contributed by atoms with E-state index in [2.05, 4.69) is 0 Å². The fourth-order valence-electron chi connectivity index (χ4n) is 1.77. The van der Waals surface area contributed by atoms with Crippen LogP contribution in [0.3, 0.4) is 0 Å². The Balaban J connectivity index is 2.31. The maximum atomic E-state index is 12.5. The number of hydrogen-bond acceptors (Lipinski definition) is 4. The Kier molecular flexibility index (Phi) is 4.26. The Bertz CT molecular complexity index is 768. The molecule has 5 nitrogen and oxygen atoms in total. The summed E-state index contributed by atoms with van der Waals surface area (Å²) in [5.74, 6) is -3.73. The molecule has 0 aliphatic carbocycles. The molecule has 0 amide bonds. The molecule has 0 aliphatic rings. The van der Waals surface area contributed by atoms with E-state index in [-0.39, 0.29) is 11.3 Å². The van der Waals surface area contributed by atoms with E-state index in [4.69, 9.17) is 9.84 Å². The molecule has 2 rings (SSSR count). The van der Waals surface area contributed by atoms with Crippen molar-refractivity contribution in [2.75, 3.05) is 0 Å². The summed E-state index contributed by atoms with van der Waals surface area (Å²) in [7, 11) is 0. The number of carboxylic acid groups (broad SMARTS) is 1. The first kappa shape index (κ1) is 16.3. The van der Waals surface area contributed by atoms with Gasteiger partial charge in [0.1, 0.15) is 22.6 Å². The molecule has 2 N–H and O–H groups in total. The van der Waals surface area contributed by atoms with Gasteiger partial charge in [-0.3, -0.25) is 0 Å². The molecule has 0 unspecified atom stereocenters. The lowest BCUT2D eigenvalue weighted by molar-refractivity contribution is -0.137. The number of aromatic hydroxyl groups is 1. The summed E-state index contributed by atoms with van der Waals surface area (Å²) >= 11 is 0. The average Bonchev–Trinajstić information content (AvgIpc) is 2.46. The van der Waals surface area contributed by atoms with E-state index in [0.717, 1.165) is 6.07 Å². The van der Waals surface area contributed by atoms with E-state index >= 15 is 0 Å². The molecule has 0 heterocycles. The van der Waals surface area contributed by atoms with Gasteiger partial charge < -0.3 is 14.9 Å². The van der Waals surface area contributed by atoms with E-state index in [1.54, 1.807) is 0 Å². The lowest BCUT2D eigenvalue weighted by Crippen LogP contribution is -2.13. The summed E-state index contributed by atoms with van der Waals surface area (Å²) in [6, 6.07) is 6.99. The monoisotopic (exact) mass is 326 g/mol. The van der Waals surface area contributed by atoms with Crippen molar-refractivity contribution >= 4 is 11.9 Å². The number of aromatic carboxylic acids is 1. The molecule has 0 aromatic heterocycles. The number of carbonyl (C=O) groups excluding carboxylic acids is 1. The van der Waals surface area contributed by atoms with Gasteiger partial charge in [0.05, 0.1) is 5.56 Å². The third-order valence-electron chi connectivity index (χ3n) is 2.87.